The predicted octanol–water partition coefficient (Wildman–Crippen LogP) is 3.69. The van der Waals surface area contributed by atoms with Crippen LogP contribution in [0.25, 0.3) is 10.6 Å². The quantitative estimate of drug-likeness (QED) is 0.914. The second-order valence-corrected chi connectivity index (χ2v) is 5.79. The Hall–Kier alpha value is -1.68. The first-order chi connectivity index (χ1) is 8.66. The Kier molecular flexibility index (Phi) is 2.67. The van der Waals surface area contributed by atoms with Gasteiger partial charge < -0.3 is 5.11 Å². The first-order valence-electron chi connectivity index (χ1n) is 5.97. The van der Waals surface area contributed by atoms with Gasteiger partial charge in [-0.15, -0.1) is 11.3 Å². The Morgan fingerprint density at radius 2 is 2.11 bits per heavy atom. The summed E-state index contributed by atoms with van der Waals surface area (Å²) < 4.78 is 0. The van der Waals surface area contributed by atoms with Gasteiger partial charge in [-0.3, -0.25) is 0 Å². The van der Waals surface area contributed by atoms with Crippen LogP contribution in [0, 0.1) is 6.92 Å². The average Bonchev–Trinajstić information content (AvgIpc) is 3.12. The summed E-state index contributed by atoms with van der Waals surface area (Å²) in [4.78, 5) is 16.1. The van der Waals surface area contributed by atoms with Gasteiger partial charge in [-0.1, -0.05) is 24.3 Å². The summed E-state index contributed by atoms with van der Waals surface area (Å²) in [6, 6.07) is 8.19. The van der Waals surface area contributed by atoms with E-state index in [2.05, 4.69) is 11.1 Å². The molecule has 0 atom stereocenters. The molecule has 2 aromatic rings. The number of carboxylic acids is 1. The van der Waals surface area contributed by atoms with Crippen LogP contribution in [0.3, 0.4) is 0 Å². The molecule has 3 nitrogen and oxygen atoms in total. The largest absolute Gasteiger partial charge is 0.476 e. The van der Waals surface area contributed by atoms with Crippen LogP contribution in [0.15, 0.2) is 24.3 Å². The van der Waals surface area contributed by atoms with Crippen molar-refractivity contribution in [3.63, 3.8) is 0 Å². The molecule has 1 fully saturated rings. The molecule has 3 rings (SSSR count). The zero-order valence-corrected chi connectivity index (χ0v) is 10.8. The molecule has 0 aliphatic heterocycles. The first-order valence-corrected chi connectivity index (χ1v) is 6.78. The summed E-state index contributed by atoms with van der Waals surface area (Å²) in [5.41, 5.74) is 2.59. The summed E-state index contributed by atoms with van der Waals surface area (Å²) in [5.74, 6) is -0.308. The highest BCUT2D eigenvalue weighted by molar-refractivity contribution is 7.15. The van der Waals surface area contributed by atoms with Crippen LogP contribution in [0.4, 0.5) is 0 Å². The molecule has 1 aliphatic carbocycles. The number of rotatable bonds is 3. The van der Waals surface area contributed by atoms with Crippen molar-refractivity contribution >= 4 is 17.3 Å². The van der Waals surface area contributed by atoms with Crippen molar-refractivity contribution in [2.45, 2.75) is 25.7 Å². The third kappa shape index (κ3) is 1.93. The van der Waals surface area contributed by atoms with Gasteiger partial charge in [-0.2, -0.15) is 0 Å². The molecule has 1 saturated carbocycles. The minimum atomic E-state index is -0.945. The van der Waals surface area contributed by atoms with Gasteiger partial charge in [0.05, 0.1) is 0 Å². The number of aryl methyl sites for hydroxylation is 1. The van der Waals surface area contributed by atoms with Gasteiger partial charge in [0.25, 0.3) is 0 Å². The van der Waals surface area contributed by atoms with Crippen LogP contribution >= 0.6 is 11.3 Å². The van der Waals surface area contributed by atoms with Gasteiger partial charge in [-0.25, -0.2) is 9.78 Å². The van der Waals surface area contributed by atoms with E-state index in [0.29, 0.717) is 5.92 Å². The number of nitrogens with zero attached hydrogens (tertiary/aromatic N) is 1. The number of aromatic carboxylic acids is 1. The highest BCUT2D eigenvalue weighted by Gasteiger charge is 2.27. The van der Waals surface area contributed by atoms with Crippen molar-refractivity contribution in [3.8, 4) is 10.6 Å². The molecule has 0 radical (unpaired) electrons. The lowest BCUT2D eigenvalue weighted by atomic mass is 10.0. The van der Waals surface area contributed by atoms with Gasteiger partial charge in [0.1, 0.15) is 5.01 Å². The topological polar surface area (TPSA) is 50.2 Å². The molecule has 1 N–H and O–H groups in total. The van der Waals surface area contributed by atoms with E-state index in [1.165, 1.54) is 29.7 Å². The lowest BCUT2D eigenvalue weighted by Gasteiger charge is -2.04. The molecule has 0 spiro atoms. The number of carboxylic acid groups (broad SMARTS) is 1. The van der Waals surface area contributed by atoms with Crippen molar-refractivity contribution in [2.24, 2.45) is 0 Å². The molecule has 0 unspecified atom stereocenters. The van der Waals surface area contributed by atoms with Crippen LogP contribution in [0.5, 0.6) is 0 Å². The molecule has 1 aromatic carbocycles. The molecular weight excluding hydrogens is 246 g/mol. The molecule has 92 valence electrons. The van der Waals surface area contributed by atoms with Crippen LogP contribution in [-0.2, 0) is 0 Å². The number of thiazole rings is 1. The minimum Gasteiger partial charge on any atom is -0.476 e. The van der Waals surface area contributed by atoms with Gasteiger partial charge >= 0.3 is 5.97 Å². The lowest BCUT2D eigenvalue weighted by Crippen LogP contribution is -1.98. The second-order valence-electron chi connectivity index (χ2n) is 4.59. The monoisotopic (exact) mass is 259 g/mol. The number of benzene rings is 1. The minimum absolute atomic E-state index is 0.181. The van der Waals surface area contributed by atoms with Crippen molar-refractivity contribution in [1.82, 2.24) is 4.98 Å². The third-order valence-electron chi connectivity index (χ3n) is 3.21. The summed E-state index contributed by atoms with van der Waals surface area (Å²) in [7, 11) is 0. The van der Waals surface area contributed by atoms with Crippen LogP contribution in [0.1, 0.15) is 39.7 Å². The van der Waals surface area contributed by atoms with E-state index in [-0.39, 0.29) is 5.69 Å². The van der Waals surface area contributed by atoms with E-state index in [4.69, 9.17) is 5.11 Å². The number of aromatic nitrogens is 1. The fourth-order valence-electron chi connectivity index (χ4n) is 2.15. The number of carbonyl (C=O) groups is 1. The maximum atomic E-state index is 11.0. The van der Waals surface area contributed by atoms with Crippen molar-refractivity contribution in [3.05, 3.63) is 40.4 Å². The van der Waals surface area contributed by atoms with Gasteiger partial charge in [-0.05, 0) is 31.2 Å². The summed E-state index contributed by atoms with van der Waals surface area (Å²) in [5, 5.41) is 9.89. The molecule has 1 heterocycles. The van der Waals surface area contributed by atoms with Crippen LogP contribution < -0.4 is 0 Å². The molecule has 0 amide bonds. The van der Waals surface area contributed by atoms with E-state index in [1.807, 2.05) is 25.1 Å². The molecule has 1 aromatic heterocycles. The summed E-state index contributed by atoms with van der Waals surface area (Å²) in [6.45, 7) is 1.81. The second kappa shape index (κ2) is 4.21. The van der Waals surface area contributed by atoms with E-state index in [1.54, 1.807) is 0 Å². The first kappa shape index (κ1) is 11.4. The summed E-state index contributed by atoms with van der Waals surface area (Å²) >= 11 is 1.46. The Morgan fingerprint density at radius 3 is 2.72 bits per heavy atom. The Labute approximate surface area is 109 Å². The normalized spacial score (nSPS) is 14.7. The maximum Gasteiger partial charge on any atom is 0.355 e. The Bertz CT molecular complexity index is 614. The maximum absolute atomic E-state index is 11.0. The molecule has 0 saturated heterocycles. The van der Waals surface area contributed by atoms with Gasteiger partial charge in [0, 0.05) is 10.4 Å². The van der Waals surface area contributed by atoms with E-state index in [0.717, 1.165) is 15.4 Å². The molecular formula is C14H13NO2S. The van der Waals surface area contributed by atoms with Crippen LogP contribution in [0.2, 0.25) is 0 Å². The SMILES string of the molecule is Cc1sc(-c2ccccc2C2CC2)nc1C(=O)O. The fraction of sp³-hybridized carbons (Fsp3) is 0.286. The third-order valence-corrected chi connectivity index (χ3v) is 4.21. The lowest BCUT2D eigenvalue weighted by molar-refractivity contribution is 0.0690. The number of hydrogen-bond donors (Lipinski definition) is 1. The molecule has 1 aliphatic rings. The zero-order chi connectivity index (χ0) is 12.7. The predicted molar refractivity (Wildman–Crippen MR) is 71.2 cm³/mol. The van der Waals surface area contributed by atoms with Crippen molar-refractivity contribution in [2.75, 3.05) is 0 Å². The van der Waals surface area contributed by atoms with E-state index in [9.17, 15) is 4.79 Å². The molecule has 0 bridgehead atoms. The average molecular weight is 259 g/mol. The van der Waals surface area contributed by atoms with E-state index < -0.39 is 5.97 Å². The zero-order valence-electron chi connectivity index (χ0n) is 10.0. The Balaban J connectivity index is 2.09. The molecule has 4 heteroatoms. The highest BCUT2D eigenvalue weighted by atomic mass is 32.1. The molecule has 18 heavy (non-hydrogen) atoms. The Morgan fingerprint density at radius 1 is 1.39 bits per heavy atom. The van der Waals surface area contributed by atoms with Gasteiger partial charge in [0.2, 0.25) is 0 Å². The fourth-order valence-corrected chi connectivity index (χ4v) is 3.10. The highest BCUT2D eigenvalue weighted by Crippen LogP contribution is 2.45. The smallest absolute Gasteiger partial charge is 0.355 e. The van der Waals surface area contributed by atoms with Crippen LogP contribution in [-0.4, -0.2) is 16.1 Å². The van der Waals surface area contributed by atoms with Crippen molar-refractivity contribution in [1.29, 1.82) is 0 Å². The van der Waals surface area contributed by atoms with E-state index >= 15 is 0 Å². The standard InChI is InChI=1S/C14H13NO2S/c1-8-12(14(16)17)15-13(18-8)11-5-3-2-4-10(11)9-6-7-9/h2-5,9H,6-7H2,1H3,(H,16,17). The van der Waals surface area contributed by atoms with Gasteiger partial charge in [0.15, 0.2) is 5.69 Å². The summed E-state index contributed by atoms with van der Waals surface area (Å²) in [6.07, 6.45) is 2.46. The number of hydrogen-bond acceptors (Lipinski definition) is 3. The van der Waals surface area contributed by atoms with Crippen molar-refractivity contribution < 1.29 is 9.90 Å².